The van der Waals surface area contributed by atoms with E-state index in [1.807, 2.05) is 6.92 Å². The minimum Gasteiger partial charge on any atom is -0.381 e. The summed E-state index contributed by atoms with van der Waals surface area (Å²) < 4.78 is 0. The molecule has 0 aromatic carbocycles. The molecule has 0 heterocycles. The summed E-state index contributed by atoms with van der Waals surface area (Å²) in [4.78, 5) is 0. The summed E-state index contributed by atoms with van der Waals surface area (Å²) in [5, 5.41) is 2.81. The Morgan fingerprint density at radius 3 is 2.71 bits per heavy atom. The van der Waals surface area contributed by atoms with Crippen molar-refractivity contribution < 1.29 is 0 Å². The number of thiocarbonyl (C=S) groups is 1. The van der Waals surface area contributed by atoms with Crippen molar-refractivity contribution in [2.45, 2.75) is 13.0 Å². The monoisotopic (exact) mass is 118 g/mol. The molecule has 0 saturated heterocycles. The molecular formula is C4H10N2S. The maximum atomic E-state index is 5.35. The van der Waals surface area contributed by atoms with Crippen LogP contribution in [0.15, 0.2) is 0 Å². The largest absolute Gasteiger partial charge is 0.381 e. The van der Waals surface area contributed by atoms with E-state index in [0.717, 1.165) is 6.54 Å². The molecule has 2 nitrogen and oxygen atoms in total. The van der Waals surface area contributed by atoms with E-state index in [9.17, 15) is 0 Å². The third-order valence-electron chi connectivity index (χ3n) is 0.523. The molecule has 0 fully saturated rings. The van der Waals surface area contributed by atoms with Crippen LogP contribution in [0.1, 0.15) is 6.92 Å². The van der Waals surface area contributed by atoms with E-state index >= 15 is 0 Å². The van der Waals surface area contributed by atoms with Crippen molar-refractivity contribution in [3.8, 4) is 0 Å². The summed E-state index contributed by atoms with van der Waals surface area (Å²) in [7, 11) is 0. The van der Waals surface area contributed by atoms with Crippen LogP contribution in [0.4, 0.5) is 0 Å². The van der Waals surface area contributed by atoms with E-state index in [0.29, 0.717) is 0 Å². The zero-order valence-electron chi connectivity index (χ0n) is 4.35. The van der Waals surface area contributed by atoms with Crippen molar-refractivity contribution in [1.82, 2.24) is 5.32 Å². The van der Waals surface area contributed by atoms with Crippen molar-refractivity contribution in [1.29, 1.82) is 0 Å². The van der Waals surface area contributed by atoms with E-state index < -0.39 is 0 Å². The number of hydrogen-bond acceptors (Lipinski definition) is 2. The standard InChI is InChI=1S/C4H10N2S/c1-4(5)2-6-3-7/h3-4H,2,5H2,1H3,(H,6,7)/t4-/m0/s1. The molecule has 0 aliphatic heterocycles. The third kappa shape index (κ3) is 5.85. The first-order valence-electron chi connectivity index (χ1n) is 2.20. The molecule has 42 valence electrons. The molecule has 0 amide bonds. The quantitative estimate of drug-likeness (QED) is 0.507. The Bertz CT molecular complexity index is 53.7. The highest BCUT2D eigenvalue weighted by Crippen LogP contribution is 1.65. The summed E-state index contributed by atoms with van der Waals surface area (Å²) >= 11 is 4.48. The minimum absolute atomic E-state index is 0.194. The maximum Gasteiger partial charge on any atom is 0.0615 e. The van der Waals surface area contributed by atoms with Gasteiger partial charge in [0.1, 0.15) is 0 Å². The molecule has 0 aliphatic carbocycles. The van der Waals surface area contributed by atoms with Gasteiger partial charge in [0.15, 0.2) is 0 Å². The molecule has 7 heavy (non-hydrogen) atoms. The van der Waals surface area contributed by atoms with Gasteiger partial charge in [-0.3, -0.25) is 0 Å². The van der Waals surface area contributed by atoms with Crippen molar-refractivity contribution in [2.75, 3.05) is 6.54 Å². The first kappa shape index (κ1) is 6.85. The predicted octanol–water partition coefficient (Wildman–Crippen LogP) is -0.120. The van der Waals surface area contributed by atoms with Crippen LogP contribution in [0, 0.1) is 0 Å². The van der Waals surface area contributed by atoms with Crippen LogP contribution >= 0.6 is 12.2 Å². The zero-order chi connectivity index (χ0) is 5.70. The Morgan fingerprint density at radius 2 is 2.57 bits per heavy atom. The first-order chi connectivity index (χ1) is 3.27. The van der Waals surface area contributed by atoms with Crippen LogP contribution < -0.4 is 11.1 Å². The summed E-state index contributed by atoms with van der Waals surface area (Å²) in [5.41, 5.74) is 6.83. The average Bonchev–Trinajstić information content (AvgIpc) is 1.61. The highest BCUT2D eigenvalue weighted by Gasteiger charge is 1.85. The topological polar surface area (TPSA) is 38.0 Å². The van der Waals surface area contributed by atoms with Crippen molar-refractivity contribution in [3.63, 3.8) is 0 Å². The van der Waals surface area contributed by atoms with Crippen LogP contribution in [0.3, 0.4) is 0 Å². The Hall–Kier alpha value is -0.150. The normalized spacial score (nSPS) is 12.9. The second-order valence-electron chi connectivity index (χ2n) is 1.50. The molecule has 3 N–H and O–H groups in total. The summed E-state index contributed by atoms with van der Waals surface area (Å²) in [5.74, 6) is 0. The second kappa shape index (κ2) is 4.02. The van der Waals surface area contributed by atoms with Crippen molar-refractivity contribution in [3.05, 3.63) is 0 Å². The lowest BCUT2D eigenvalue weighted by molar-refractivity contribution is 0.712. The SMILES string of the molecule is C[C@H](N)CNC=S. The predicted molar refractivity (Wildman–Crippen MR) is 35.3 cm³/mol. The molecule has 0 radical (unpaired) electrons. The van der Waals surface area contributed by atoms with E-state index in [-0.39, 0.29) is 6.04 Å². The van der Waals surface area contributed by atoms with Crippen LogP contribution in [-0.2, 0) is 0 Å². The smallest absolute Gasteiger partial charge is 0.0615 e. The second-order valence-corrected chi connectivity index (χ2v) is 1.74. The zero-order valence-corrected chi connectivity index (χ0v) is 5.16. The highest BCUT2D eigenvalue weighted by atomic mass is 32.1. The van der Waals surface area contributed by atoms with Gasteiger partial charge in [0.25, 0.3) is 0 Å². The third-order valence-corrected chi connectivity index (χ3v) is 0.690. The van der Waals surface area contributed by atoms with Gasteiger partial charge in [0.2, 0.25) is 0 Å². The fourth-order valence-corrected chi connectivity index (χ4v) is 0.330. The molecule has 0 saturated carbocycles. The van der Waals surface area contributed by atoms with Gasteiger partial charge in [-0.15, -0.1) is 0 Å². The molecule has 1 atom stereocenters. The average molecular weight is 118 g/mol. The van der Waals surface area contributed by atoms with Crippen molar-refractivity contribution >= 4 is 17.7 Å². The van der Waals surface area contributed by atoms with E-state index in [2.05, 4.69) is 17.5 Å². The maximum absolute atomic E-state index is 5.35. The van der Waals surface area contributed by atoms with Gasteiger partial charge in [-0.1, -0.05) is 12.2 Å². The van der Waals surface area contributed by atoms with Crippen LogP contribution in [0.5, 0.6) is 0 Å². The molecule has 0 aromatic heterocycles. The first-order valence-corrected chi connectivity index (χ1v) is 2.67. The Balaban J connectivity index is 2.81. The lowest BCUT2D eigenvalue weighted by Crippen LogP contribution is -2.29. The Kier molecular flexibility index (Phi) is 3.93. The van der Waals surface area contributed by atoms with Gasteiger partial charge < -0.3 is 11.1 Å². The molecule has 0 spiro atoms. The summed E-state index contributed by atoms with van der Waals surface area (Å²) in [6.07, 6.45) is 0. The van der Waals surface area contributed by atoms with E-state index in [1.54, 1.807) is 0 Å². The Morgan fingerprint density at radius 1 is 2.00 bits per heavy atom. The number of hydrogen-bond donors (Lipinski definition) is 2. The van der Waals surface area contributed by atoms with Crippen molar-refractivity contribution in [2.24, 2.45) is 5.73 Å². The highest BCUT2D eigenvalue weighted by molar-refractivity contribution is 7.78. The van der Waals surface area contributed by atoms with Crippen LogP contribution in [-0.4, -0.2) is 18.1 Å². The van der Waals surface area contributed by atoms with Gasteiger partial charge in [-0.25, -0.2) is 0 Å². The van der Waals surface area contributed by atoms with Gasteiger partial charge in [0.05, 0.1) is 5.49 Å². The number of nitrogens with two attached hydrogens (primary N) is 1. The molecular weight excluding hydrogens is 108 g/mol. The van der Waals surface area contributed by atoms with E-state index in [1.165, 1.54) is 5.49 Å². The van der Waals surface area contributed by atoms with Gasteiger partial charge in [-0.05, 0) is 6.92 Å². The fourth-order valence-electron chi connectivity index (χ4n) is 0.234. The summed E-state index contributed by atoms with van der Waals surface area (Å²) in [6, 6.07) is 0.194. The molecule has 0 aromatic rings. The van der Waals surface area contributed by atoms with Gasteiger partial charge >= 0.3 is 0 Å². The lowest BCUT2D eigenvalue weighted by Gasteiger charge is -2.00. The van der Waals surface area contributed by atoms with Crippen LogP contribution in [0.2, 0.25) is 0 Å². The molecule has 0 rings (SSSR count). The Labute approximate surface area is 49.1 Å². The van der Waals surface area contributed by atoms with Gasteiger partial charge in [0, 0.05) is 12.6 Å². The molecule has 0 unspecified atom stereocenters. The molecule has 0 aliphatic rings. The number of rotatable bonds is 3. The summed E-state index contributed by atoms with van der Waals surface area (Å²) in [6.45, 7) is 2.69. The van der Waals surface area contributed by atoms with Gasteiger partial charge in [-0.2, -0.15) is 0 Å². The molecule has 0 bridgehead atoms. The van der Waals surface area contributed by atoms with E-state index in [4.69, 9.17) is 5.73 Å². The minimum atomic E-state index is 0.194. The number of nitrogens with one attached hydrogen (secondary N) is 1. The van der Waals surface area contributed by atoms with Crippen LogP contribution in [0.25, 0.3) is 0 Å². The lowest BCUT2D eigenvalue weighted by atomic mass is 10.4. The molecule has 3 heteroatoms. The fraction of sp³-hybridized carbons (Fsp3) is 0.750.